The Morgan fingerprint density at radius 2 is 1.90 bits per heavy atom. The highest BCUT2D eigenvalue weighted by Crippen LogP contribution is 2.33. The van der Waals surface area contributed by atoms with Gasteiger partial charge in [-0.1, -0.05) is 50.5 Å². The molecule has 3 rings (SSSR count). The van der Waals surface area contributed by atoms with Gasteiger partial charge in [-0.05, 0) is 30.9 Å². The molecule has 1 fully saturated rings. The summed E-state index contributed by atoms with van der Waals surface area (Å²) in [5.74, 6) is 1.23. The summed E-state index contributed by atoms with van der Waals surface area (Å²) < 4.78 is 0. The smallest absolute Gasteiger partial charge is 0.123 e. The van der Waals surface area contributed by atoms with Crippen LogP contribution in [0.1, 0.15) is 39.0 Å². The highest BCUT2D eigenvalue weighted by molar-refractivity contribution is 5.97. The lowest BCUT2D eigenvalue weighted by atomic mass is 9.84. The highest BCUT2D eigenvalue weighted by Gasteiger charge is 2.21. The fraction of sp³-hybridized carbons (Fsp3) is 0.444. The fourth-order valence-corrected chi connectivity index (χ4v) is 3.43. The van der Waals surface area contributed by atoms with E-state index in [2.05, 4.69) is 24.4 Å². The van der Waals surface area contributed by atoms with Gasteiger partial charge < -0.3 is 10.4 Å². The molecular weight excluding hydrogens is 246 g/mol. The van der Waals surface area contributed by atoms with E-state index in [-0.39, 0.29) is 0 Å². The van der Waals surface area contributed by atoms with Crippen molar-refractivity contribution < 1.29 is 5.11 Å². The molecule has 0 radical (unpaired) electrons. The van der Waals surface area contributed by atoms with E-state index in [1.807, 2.05) is 18.2 Å². The molecule has 106 valence electrons. The van der Waals surface area contributed by atoms with Crippen LogP contribution in [0.25, 0.3) is 10.8 Å². The molecular formula is C18H23NO. The zero-order chi connectivity index (χ0) is 13.9. The molecule has 2 aromatic rings. The third-order valence-electron chi connectivity index (χ3n) is 4.62. The molecule has 1 aliphatic carbocycles. The van der Waals surface area contributed by atoms with Gasteiger partial charge in [0.1, 0.15) is 5.75 Å². The Morgan fingerprint density at radius 3 is 2.75 bits per heavy atom. The Bertz CT molecular complexity index is 593. The minimum Gasteiger partial charge on any atom is -0.507 e. The van der Waals surface area contributed by atoms with Crippen LogP contribution in [0.3, 0.4) is 0 Å². The number of aromatic hydroxyl groups is 1. The van der Waals surface area contributed by atoms with Crippen molar-refractivity contribution in [3.05, 3.63) is 36.4 Å². The van der Waals surface area contributed by atoms with E-state index < -0.39 is 0 Å². The summed E-state index contributed by atoms with van der Waals surface area (Å²) >= 11 is 0. The maximum atomic E-state index is 9.95. The van der Waals surface area contributed by atoms with Crippen molar-refractivity contribution in [2.24, 2.45) is 5.92 Å². The third kappa shape index (κ3) is 2.60. The zero-order valence-corrected chi connectivity index (χ0v) is 12.1. The van der Waals surface area contributed by atoms with E-state index in [1.54, 1.807) is 6.07 Å². The van der Waals surface area contributed by atoms with Gasteiger partial charge in [-0.25, -0.2) is 0 Å². The SMILES string of the molecule is CCC1CCCC(Nc2cccc3c(O)cccc23)C1. The molecule has 0 aliphatic heterocycles. The Balaban J connectivity index is 1.86. The molecule has 0 bridgehead atoms. The van der Waals surface area contributed by atoms with E-state index in [0.29, 0.717) is 11.8 Å². The van der Waals surface area contributed by atoms with E-state index in [0.717, 1.165) is 22.4 Å². The minimum atomic E-state index is 0.362. The molecule has 0 amide bonds. The van der Waals surface area contributed by atoms with Crippen molar-refractivity contribution in [1.82, 2.24) is 0 Å². The average Bonchev–Trinajstić information content (AvgIpc) is 2.49. The van der Waals surface area contributed by atoms with Gasteiger partial charge in [-0.2, -0.15) is 0 Å². The van der Waals surface area contributed by atoms with Crippen molar-refractivity contribution in [1.29, 1.82) is 0 Å². The van der Waals surface area contributed by atoms with Gasteiger partial charge in [-0.15, -0.1) is 0 Å². The molecule has 2 unspecified atom stereocenters. The van der Waals surface area contributed by atoms with E-state index in [4.69, 9.17) is 0 Å². The predicted octanol–water partition coefficient (Wildman–Crippen LogP) is 4.93. The van der Waals surface area contributed by atoms with Crippen LogP contribution in [0.2, 0.25) is 0 Å². The average molecular weight is 269 g/mol. The third-order valence-corrected chi connectivity index (χ3v) is 4.62. The van der Waals surface area contributed by atoms with E-state index in [1.165, 1.54) is 32.1 Å². The Labute approximate surface area is 120 Å². The number of anilines is 1. The number of nitrogens with one attached hydrogen (secondary N) is 1. The summed E-state index contributed by atoms with van der Waals surface area (Å²) in [6, 6.07) is 12.4. The highest BCUT2D eigenvalue weighted by atomic mass is 16.3. The van der Waals surface area contributed by atoms with Gasteiger partial charge >= 0.3 is 0 Å². The molecule has 0 aromatic heterocycles. The summed E-state index contributed by atoms with van der Waals surface area (Å²) in [6.07, 6.45) is 6.52. The second kappa shape index (κ2) is 5.74. The first kappa shape index (κ1) is 13.3. The van der Waals surface area contributed by atoms with Crippen molar-refractivity contribution in [3.8, 4) is 5.75 Å². The number of phenolic OH excluding ortho intramolecular Hbond substituents is 1. The van der Waals surface area contributed by atoms with Crippen LogP contribution in [0.15, 0.2) is 36.4 Å². The molecule has 20 heavy (non-hydrogen) atoms. The van der Waals surface area contributed by atoms with Gasteiger partial charge in [0.05, 0.1) is 0 Å². The number of fused-ring (bicyclic) bond motifs is 1. The van der Waals surface area contributed by atoms with Gasteiger partial charge in [0, 0.05) is 22.5 Å². The lowest BCUT2D eigenvalue weighted by molar-refractivity contribution is 0.327. The Hall–Kier alpha value is -1.70. The molecule has 0 spiro atoms. The van der Waals surface area contributed by atoms with Gasteiger partial charge in [0.25, 0.3) is 0 Å². The van der Waals surface area contributed by atoms with Crippen molar-refractivity contribution in [2.75, 3.05) is 5.32 Å². The predicted molar refractivity (Wildman–Crippen MR) is 85.3 cm³/mol. The summed E-state index contributed by atoms with van der Waals surface area (Å²) in [5, 5.41) is 15.7. The molecule has 0 heterocycles. The molecule has 1 saturated carbocycles. The van der Waals surface area contributed by atoms with Crippen LogP contribution < -0.4 is 5.32 Å². The van der Waals surface area contributed by atoms with Crippen LogP contribution >= 0.6 is 0 Å². The molecule has 2 atom stereocenters. The van der Waals surface area contributed by atoms with Gasteiger partial charge in [0.15, 0.2) is 0 Å². The lowest BCUT2D eigenvalue weighted by Crippen LogP contribution is -2.27. The van der Waals surface area contributed by atoms with E-state index >= 15 is 0 Å². The first-order valence-electron chi connectivity index (χ1n) is 7.75. The number of phenols is 1. The monoisotopic (exact) mass is 269 g/mol. The minimum absolute atomic E-state index is 0.362. The number of hydrogen-bond donors (Lipinski definition) is 2. The summed E-state index contributed by atoms with van der Waals surface area (Å²) in [5.41, 5.74) is 1.15. The van der Waals surface area contributed by atoms with Crippen LogP contribution in [0.5, 0.6) is 5.75 Å². The zero-order valence-electron chi connectivity index (χ0n) is 12.1. The number of hydrogen-bond acceptors (Lipinski definition) is 2. The molecule has 0 saturated heterocycles. The number of benzene rings is 2. The maximum Gasteiger partial charge on any atom is 0.123 e. The van der Waals surface area contributed by atoms with Crippen LogP contribution in [-0.2, 0) is 0 Å². The van der Waals surface area contributed by atoms with Crippen molar-refractivity contribution >= 4 is 16.5 Å². The van der Waals surface area contributed by atoms with Crippen LogP contribution in [0, 0.1) is 5.92 Å². The van der Waals surface area contributed by atoms with Crippen LogP contribution in [0.4, 0.5) is 5.69 Å². The van der Waals surface area contributed by atoms with Gasteiger partial charge in [0.2, 0.25) is 0 Å². The molecule has 2 N–H and O–H groups in total. The summed E-state index contributed by atoms with van der Waals surface area (Å²) in [6.45, 7) is 2.29. The largest absolute Gasteiger partial charge is 0.507 e. The standard InChI is InChI=1S/C18H23NO/c1-2-13-6-3-7-14(12-13)19-17-10-4-9-16-15(17)8-5-11-18(16)20/h4-5,8-11,13-14,19-20H,2-3,6-7,12H2,1H3. The first-order valence-corrected chi connectivity index (χ1v) is 7.75. The van der Waals surface area contributed by atoms with Crippen molar-refractivity contribution in [2.45, 2.75) is 45.1 Å². The normalized spacial score (nSPS) is 22.9. The summed E-state index contributed by atoms with van der Waals surface area (Å²) in [7, 11) is 0. The first-order chi connectivity index (χ1) is 9.78. The molecule has 1 aliphatic rings. The molecule has 2 heteroatoms. The maximum absolute atomic E-state index is 9.95. The molecule has 2 aromatic carbocycles. The Morgan fingerprint density at radius 1 is 1.10 bits per heavy atom. The second-order valence-corrected chi connectivity index (χ2v) is 5.96. The quantitative estimate of drug-likeness (QED) is 0.828. The van der Waals surface area contributed by atoms with Crippen molar-refractivity contribution in [3.63, 3.8) is 0 Å². The van der Waals surface area contributed by atoms with Crippen LogP contribution in [-0.4, -0.2) is 11.1 Å². The summed E-state index contributed by atoms with van der Waals surface area (Å²) in [4.78, 5) is 0. The number of rotatable bonds is 3. The molecule has 2 nitrogen and oxygen atoms in total. The van der Waals surface area contributed by atoms with Gasteiger partial charge in [-0.3, -0.25) is 0 Å². The Kier molecular flexibility index (Phi) is 3.81. The fourth-order valence-electron chi connectivity index (χ4n) is 3.43. The lowest BCUT2D eigenvalue weighted by Gasteiger charge is -2.30. The topological polar surface area (TPSA) is 32.3 Å². The second-order valence-electron chi connectivity index (χ2n) is 5.96. The van der Waals surface area contributed by atoms with E-state index in [9.17, 15) is 5.11 Å².